The lowest BCUT2D eigenvalue weighted by molar-refractivity contribution is 0.238. The molecule has 1 aliphatic rings. The molecule has 1 aromatic carbocycles. The summed E-state index contributed by atoms with van der Waals surface area (Å²) in [6, 6.07) is 6.36. The van der Waals surface area contributed by atoms with E-state index < -0.39 is 0 Å². The highest BCUT2D eigenvalue weighted by Crippen LogP contribution is 2.39. The molecule has 0 bridgehead atoms. The maximum Gasteiger partial charge on any atom is 0.0642 e. The van der Waals surface area contributed by atoms with Crippen LogP contribution in [0.3, 0.4) is 0 Å². The molecular formula is C17H27ClN2. The quantitative estimate of drug-likeness (QED) is 0.899. The van der Waals surface area contributed by atoms with Crippen molar-refractivity contribution >= 4 is 17.3 Å². The first-order valence-corrected chi connectivity index (χ1v) is 8.11. The molecule has 20 heavy (non-hydrogen) atoms. The fourth-order valence-electron chi connectivity index (χ4n) is 3.05. The number of benzene rings is 1. The van der Waals surface area contributed by atoms with Crippen LogP contribution in [-0.2, 0) is 6.42 Å². The topological polar surface area (TPSA) is 29.3 Å². The summed E-state index contributed by atoms with van der Waals surface area (Å²) in [6.45, 7) is 8.95. The van der Waals surface area contributed by atoms with E-state index in [1.54, 1.807) is 0 Å². The van der Waals surface area contributed by atoms with Gasteiger partial charge < -0.3 is 10.6 Å². The van der Waals surface area contributed by atoms with E-state index >= 15 is 0 Å². The normalized spacial score (nSPS) is 19.9. The molecule has 0 spiro atoms. The standard InChI is InChI=1S/C17H27ClN2/c1-4-17(3)8-10-20(11-9-17)16-14(12-13(2)19)6-5-7-15(16)18/h5-7,13H,4,8-12,19H2,1-3H3. The Kier molecular flexibility index (Phi) is 4.98. The van der Waals surface area contributed by atoms with Gasteiger partial charge in [0.05, 0.1) is 10.7 Å². The third kappa shape index (κ3) is 3.48. The van der Waals surface area contributed by atoms with E-state index in [4.69, 9.17) is 17.3 Å². The van der Waals surface area contributed by atoms with Crippen molar-refractivity contribution in [2.75, 3.05) is 18.0 Å². The second kappa shape index (κ2) is 6.36. The van der Waals surface area contributed by atoms with E-state index in [1.807, 2.05) is 12.1 Å². The van der Waals surface area contributed by atoms with Crippen LogP contribution in [0, 0.1) is 5.41 Å². The molecule has 1 atom stereocenters. The van der Waals surface area contributed by atoms with Crippen LogP contribution >= 0.6 is 11.6 Å². The van der Waals surface area contributed by atoms with Crippen LogP contribution in [0.5, 0.6) is 0 Å². The fourth-order valence-corrected chi connectivity index (χ4v) is 3.36. The van der Waals surface area contributed by atoms with Gasteiger partial charge in [0.15, 0.2) is 0 Å². The number of hydrogen-bond donors (Lipinski definition) is 1. The highest BCUT2D eigenvalue weighted by Gasteiger charge is 2.29. The smallest absolute Gasteiger partial charge is 0.0642 e. The molecular weight excluding hydrogens is 268 g/mol. The predicted molar refractivity (Wildman–Crippen MR) is 88.7 cm³/mol. The van der Waals surface area contributed by atoms with Crippen molar-refractivity contribution in [3.05, 3.63) is 28.8 Å². The van der Waals surface area contributed by atoms with Crippen LogP contribution in [0.25, 0.3) is 0 Å². The second-order valence-electron chi connectivity index (χ2n) is 6.58. The molecule has 1 heterocycles. The van der Waals surface area contributed by atoms with Crippen LogP contribution in [0.1, 0.15) is 45.6 Å². The van der Waals surface area contributed by atoms with Gasteiger partial charge in [0.1, 0.15) is 0 Å². The van der Waals surface area contributed by atoms with Gasteiger partial charge in [-0.25, -0.2) is 0 Å². The average molecular weight is 295 g/mol. The fraction of sp³-hybridized carbons (Fsp3) is 0.647. The summed E-state index contributed by atoms with van der Waals surface area (Å²) < 4.78 is 0. The third-order valence-corrected chi connectivity index (χ3v) is 5.06. The molecule has 1 unspecified atom stereocenters. The van der Waals surface area contributed by atoms with Gasteiger partial charge in [0, 0.05) is 19.1 Å². The monoisotopic (exact) mass is 294 g/mol. The summed E-state index contributed by atoms with van der Waals surface area (Å²) in [5.74, 6) is 0. The van der Waals surface area contributed by atoms with Gasteiger partial charge >= 0.3 is 0 Å². The van der Waals surface area contributed by atoms with Crippen LogP contribution in [0.15, 0.2) is 18.2 Å². The highest BCUT2D eigenvalue weighted by atomic mass is 35.5. The number of hydrogen-bond acceptors (Lipinski definition) is 2. The molecule has 2 N–H and O–H groups in total. The van der Waals surface area contributed by atoms with Crippen LogP contribution in [-0.4, -0.2) is 19.1 Å². The number of para-hydroxylation sites is 1. The Morgan fingerprint density at radius 2 is 2.00 bits per heavy atom. The predicted octanol–water partition coefficient (Wildman–Crippen LogP) is 4.25. The summed E-state index contributed by atoms with van der Waals surface area (Å²) in [6.07, 6.45) is 4.63. The van der Waals surface area contributed by atoms with Crippen molar-refractivity contribution in [1.29, 1.82) is 0 Å². The number of halogens is 1. The lowest BCUT2D eigenvalue weighted by atomic mass is 9.78. The van der Waals surface area contributed by atoms with E-state index in [1.165, 1.54) is 30.5 Å². The van der Waals surface area contributed by atoms with Gasteiger partial charge in [-0.05, 0) is 43.2 Å². The van der Waals surface area contributed by atoms with Gasteiger partial charge in [0.25, 0.3) is 0 Å². The number of nitrogens with zero attached hydrogens (tertiary/aromatic N) is 1. The Morgan fingerprint density at radius 1 is 1.35 bits per heavy atom. The minimum Gasteiger partial charge on any atom is -0.370 e. The minimum atomic E-state index is 0.165. The molecule has 3 heteroatoms. The molecule has 2 rings (SSSR count). The first-order chi connectivity index (χ1) is 9.45. The van der Waals surface area contributed by atoms with E-state index in [9.17, 15) is 0 Å². The average Bonchev–Trinajstić information content (AvgIpc) is 2.40. The Balaban J connectivity index is 2.21. The van der Waals surface area contributed by atoms with Gasteiger partial charge in [-0.2, -0.15) is 0 Å². The van der Waals surface area contributed by atoms with Gasteiger partial charge in [-0.15, -0.1) is 0 Å². The number of anilines is 1. The van der Waals surface area contributed by atoms with Crippen molar-refractivity contribution < 1.29 is 0 Å². The molecule has 0 aliphatic carbocycles. The molecule has 1 fully saturated rings. The first-order valence-electron chi connectivity index (χ1n) is 7.73. The molecule has 0 radical (unpaired) electrons. The van der Waals surface area contributed by atoms with Crippen LogP contribution in [0.4, 0.5) is 5.69 Å². The molecule has 0 amide bonds. The molecule has 1 aromatic rings. The number of nitrogens with two attached hydrogens (primary N) is 1. The van der Waals surface area contributed by atoms with E-state index in [0.717, 1.165) is 24.5 Å². The Hall–Kier alpha value is -0.730. The maximum absolute atomic E-state index is 6.47. The van der Waals surface area contributed by atoms with Gasteiger partial charge in [-0.3, -0.25) is 0 Å². The van der Waals surface area contributed by atoms with E-state index in [2.05, 4.69) is 31.7 Å². The molecule has 1 saturated heterocycles. The van der Waals surface area contributed by atoms with Gasteiger partial charge in [-0.1, -0.05) is 44.0 Å². The lowest BCUT2D eigenvalue weighted by Crippen LogP contribution is -2.39. The van der Waals surface area contributed by atoms with Crippen molar-refractivity contribution in [2.24, 2.45) is 11.1 Å². The summed E-state index contributed by atoms with van der Waals surface area (Å²) in [4.78, 5) is 2.46. The number of rotatable bonds is 4. The van der Waals surface area contributed by atoms with Crippen molar-refractivity contribution in [3.8, 4) is 0 Å². The molecule has 112 valence electrons. The van der Waals surface area contributed by atoms with Crippen LogP contribution < -0.4 is 10.6 Å². The van der Waals surface area contributed by atoms with Gasteiger partial charge in [0.2, 0.25) is 0 Å². The van der Waals surface area contributed by atoms with Crippen LogP contribution in [0.2, 0.25) is 5.02 Å². The summed E-state index contributed by atoms with van der Waals surface area (Å²) in [7, 11) is 0. The second-order valence-corrected chi connectivity index (χ2v) is 6.99. The summed E-state index contributed by atoms with van der Waals surface area (Å²) in [5.41, 5.74) is 8.97. The van der Waals surface area contributed by atoms with E-state index in [-0.39, 0.29) is 6.04 Å². The largest absolute Gasteiger partial charge is 0.370 e. The third-order valence-electron chi connectivity index (χ3n) is 4.75. The minimum absolute atomic E-state index is 0.165. The zero-order valence-electron chi connectivity index (χ0n) is 13.0. The highest BCUT2D eigenvalue weighted by molar-refractivity contribution is 6.33. The molecule has 2 nitrogen and oxygen atoms in total. The molecule has 1 aliphatic heterocycles. The Morgan fingerprint density at radius 3 is 2.55 bits per heavy atom. The Labute approximate surface area is 128 Å². The molecule has 0 aromatic heterocycles. The molecule has 0 saturated carbocycles. The number of piperidine rings is 1. The Bertz CT molecular complexity index is 448. The first kappa shape index (κ1) is 15.7. The van der Waals surface area contributed by atoms with Crippen molar-refractivity contribution in [3.63, 3.8) is 0 Å². The summed E-state index contributed by atoms with van der Waals surface area (Å²) in [5, 5.41) is 0.864. The zero-order valence-corrected chi connectivity index (χ0v) is 13.7. The van der Waals surface area contributed by atoms with Crippen molar-refractivity contribution in [1.82, 2.24) is 0 Å². The zero-order chi connectivity index (χ0) is 14.8. The lowest BCUT2D eigenvalue weighted by Gasteiger charge is -2.41. The van der Waals surface area contributed by atoms with E-state index in [0.29, 0.717) is 5.41 Å². The SMILES string of the molecule is CCC1(C)CCN(c2c(Cl)cccc2CC(C)N)CC1. The summed E-state index contributed by atoms with van der Waals surface area (Å²) >= 11 is 6.47. The maximum atomic E-state index is 6.47. The van der Waals surface area contributed by atoms with Crippen molar-refractivity contribution in [2.45, 2.75) is 52.5 Å².